The van der Waals surface area contributed by atoms with Crippen LogP contribution in [0.1, 0.15) is 5.69 Å². The minimum atomic E-state index is 0.589. The molecule has 134 valence electrons. The quantitative estimate of drug-likeness (QED) is 0.768. The zero-order valence-electron chi connectivity index (χ0n) is 14.9. The van der Waals surface area contributed by atoms with Crippen molar-refractivity contribution in [3.05, 3.63) is 30.4 Å². The van der Waals surface area contributed by atoms with E-state index in [9.17, 15) is 0 Å². The largest absolute Gasteiger partial charge is 0.481 e. The number of nitrogens with one attached hydrogen (secondary N) is 1. The lowest BCUT2D eigenvalue weighted by atomic mass is 10.0. The van der Waals surface area contributed by atoms with E-state index in [0.717, 1.165) is 54.7 Å². The summed E-state index contributed by atoms with van der Waals surface area (Å²) in [5.41, 5.74) is 3.14. The van der Waals surface area contributed by atoms with Gasteiger partial charge in [-0.2, -0.15) is 4.98 Å². The third kappa shape index (κ3) is 2.44. The molecule has 2 atom stereocenters. The molecule has 8 nitrogen and oxygen atoms in total. The molecule has 3 aromatic heterocycles. The number of aromatic nitrogens is 5. The van der Waals surface area contributed by atoms with Gasteiger partial charge in [-0.25, -0.2) is 15.0 Å². The number of fused-ring (bicyclic) bond motifs is 2. The van der Waals surface area contributed by atoms with Crippen LogP contribution in [-0.4, -0.2) is 58.2 Å². The summed E-state index contributed by atoms with van der Waals surface area (Å²) in [6.07, 6.45) is 3.42. The van der Waals surface area contributed by atoms with Crippen LogP contribution < -0.4 is 14.5 Å². The number of methoxy groups -OCH3 is 1. The Morgan fingerprint density at radius 1 is 1.08 bits per heavy atom. The lowest BCUT2D eigenvalue weighted by Gasteiger charge is -2.22. The average molecular weight is 351 g/mol. The number of rotatable bonds is 3. The molecule has 2 unspecified atom stereocenters. The van der Waals surface area contributed by atoms with Crippen LogP contribution in [0.5, 0.6) is 5.88 Å². The summed E-state index contributed by atoms with van der Waals surface area (Å²) in [6, 6.07) is 3.85. The van der Waals surface area contributed by atoms with Crippen LogP contribution in [0.25, 0.3) is 11.0 Å². The van der Waals surface area contributed by atoms with Crippen molar-refractivity contribution in [1.82, 2.24) is 24.9 Å². The van der Waals surface area contributed by atoms with Crippen molar-refractivity contribution in [3.63, 3.8) is 0 Å². The van der Waals surface area contributed by atoms with Gasteiger partial charge in [0.1, 0.15) is 11.8 Å². The van der Waals surface area contributed by atoms with Crippen molar-refractivity contribution in [2.24, 2.45) is 11.8 Å². The van der Waals surface area contributed by atoms with Gasteiger partial charge in [0.2, 0.25) is 11.8 Å². The number of H-pyrrole nitrogens is 1. The van der Waals surface area contributed by atoms with Crippen molar-refractivity contribution >= 4 is 22.8 Å². The Morgan fingerprint density at radius 2 is 1.85 bits per heavy atom. The van der Waals surface area contributed by atoms with Crippen molar-refractivity contribution in [2.45, 2.75) is 6.92 Å². The molecule has 2 aliphatic heterocycles. The highest BCUT2D eigenvalue weighted by atomic mass is 16.5. The minimum Gasteiger partial charge on any atom is -0.481 e. The number of hydrogen-bond acceptors (Lipinski definition) is 7. The third-order valence-electron chi connectivity index (χ3n) is 5.43. The van der Waals surface area contributed by atoms with E-state index < -0.39 is 0 Å². The standard InChI is InChI=1S/C18H21N7O/c1-11-5-14-16(22-11)17(21-10-20-14)24-6-12-8-25(9-13(12)7-24)18-19-4-3-15(23-18)26-2/h3-5,10,12-13,22H,6-9H2,1-2H3. The SMILES string of the molecule is COc1ccnc(N2CC3CN(c4ncnc5cc(C)[nH]c45)CC3C2)n1. The first kappa shape index (κ1) is 15.4. The van der Waals surface area contributed by atoms with Crippen LogP contribution in [-0.2, 0) is 0 Å². The summed E-state index contributed by atoms with van der Waals surface area (Å²) >= 11 is 0. The number of hydrogen-bond donors (Lipinski definition) is 1. The highest BCUT2D eigenvalue weighted by Crippen LogP contribution is 2.36. The molecule has 0 bridgehead atoms. The molecule has 26 heavy (non-hydrogen) atoms. The number of aryl methyl sites for hydroxylation is 1. The normalized spacial score (nSPS) is 22.2. The maximum Gasteiger partial charge on any atom is 0.228 e. The smallest absolute Gasteiger partial charge is 0.228 e. The average Bonchev–Trinajstić information content (AvgIpc) is 3.32. The molecular weight excluding hydrogens is 330 g/mol. The maximum absolute atomic E-state index is 5.22. The second kappa shape index (κ2) is 5.82. The lowest BCUT2D eigenvalue weighted by molar-refractivity contribution is 0.397. The lowest BCUT2D eigenvalue weighted by Crippen LogP contribution is -2.30. The summed E-state index contributed by atoms with van der Waals surface area (Å²) in [7, 11) is 1.63. The van der Waals surface area contributed by atoms with Crippen molar-refractivity contribution in [2.75, 3.05) is 43.1 Å². The van der Waals surface area contributed by atoms with E-state index in [1.807, 2.05) is 0 Å². The first-order chi connectivity index (χ1) is 12.7. The predicted molar refractivity (Wildman–Crippen MR) is 98.6 cm³/mol. The molecule has 3 aromatic rings. The minimum absolute atomic E-state index is 0.589. The summed E-state index contributed by atoms with van der Waals surface area (Å²) in [5, 5.41) is 0. The molecule has 0 spiro atoms. The molecule has 2 aliphatic rings. The van der Waals surface area contributed by atoms with E-state index in [1.54, 1.807) is 25.7 Å². The Labute approximate surface area is 151 Å². The second-order valence-electron chi connectivity index (χ2n) is 7.14. The number of anilines is 2. The monoisotopic (exact) mass is 351 g/mol. The molecule has 0 amide bonds. The van der Waals surface area contributed by atoms with Crippen molar-refractivity contribution in [3.8, 4) is 5.88 Å². The second-order valence-corrected chi connectivity index (χ2v) is 7.14. The van der Waals surface area contributed by atoms with Gasteiger partial charge < -0.3 is 19.5 Å². The van der Waals surface area contributed by atoms with Gasteiger partial charge in [0.05, 0.1) is 12.6 Å². The number of nitrogens with zero attached hydrogens (tertiary/aromatic N) is 6. The van der Waals surface area contributed by atoms with E-state index >= 15 is 0 Å². The molecule has 5 heterocycles. The predicted octanol–water partition coefficient (Wildman–Crippen LogP) is 1.64. The molecule has 2 fully saturated rings. The number of ether oxygens (including phenoxy) is 1. The molecule has 8 heteroatoms. The Kier molecular flexibility index (Phi) is 3.44. The van der Waals surface area contributed by atoms with Gasteiger partial charge in [-0.15, -0.1) is 0 Å². The van der Waals surface area contributed by atoms with E-state index in [-0.39, 0.29) is 0 Å². The summed E-state index contributed by atoms with van der Waals surface area (Å²) < 4.78 is 5.22. The Balaban J connectivity index is 1.35. The molecule has 5 rings (SSSR count). The van der Waals surface area contributed by atoms with E-state index in [0.29, 0.717) is 17.7 Å². The molecule has 0 saturated carbocycles. The van der Waals surface area contributed by atoms with Gasteiger partial charge in [-0.05, 0) is 13.0 Å². The van der Waals surface area contributed by atoms with E-state index in [4.69, 9.17) is 4.74 Å². The van der Waals surface area contributed by atoms with Crippen LogP contribution in [0.15, 0.2) is 24.7 Å². The fourth-order valence-electron chi connectivity index (χ4n) is 4.22. The summed E-state index contributed by atoms with van der Waals surface area (Å²) in [6.45, 7) is 5.97. The third-order valence-corrected chi connectivity index (χ3v) is 5.43. The topological polar surface area (TPSA) is 83.1 Å². The van der Waals surface area contributed by atoms with Gasteiger partial charge in [0, 0.05) is 56.0 Å². The van der Waals surface area contributed by atoms with Crippen LogP contribution >= 0.6 is 0 Å². The molecule has 0 radical (unpaired) electrons. The highest BCUT2D eigenvalue weighted by Gasteiger charge is 2.41. The molecular formula is C18H21N7O. The van der Waals surface area contributed by atoms with Gasteiger partial charge in [0.25, 0.3) is 0 Å². The molecule has 2 saturated heterocycles. The van der Waals surface area contributed by atoms with E-state index in [2.05, 4.69) is 47.7 Å². The zero-order chi connectivity index (χ0) is 17.7. The van der Waals surface area contributed by atoms with Crippen molar-refractivity contribution < 1.29 is 4.74 Å². The van der Waals surface area contributed by atoms with Gasteiger partial charge >= 0.3 is 0 Å². The Morgan fingerprint density at radius 3 is 2.62 bits per heavy atom. The molecule has 0 aliphatic carbocycles. The van der Waals surface area contributed by atoms with Crippen molar-refractivity contribution in [1.29, 1.82) is 0 Å². The molecule has 0 aromatic carbocycles. The summed E-state index contributed by atoms with van der Waals surface area (Å²) in [4.78, 5) is 25.9. The Bertz CT molecular complexity index is 942. The molecule has 1 N–H and O–H groups in total. The van der Waals surface area contributed by atoms with E-state index in [1.165, 1.54) is 0 Å². The van der Waals surface area contributed by atoms with Gasteiger partial charge in [-0.1, -0.05) is 0 Å². The van der Waals surface area contributed by atoms with Crippen LogP contribution in [0.2, 0.25) is 0 Å². The fraction of sp³-hybridized carbons (Fsp3) is 0.444. The zero-order valence-corrected chi connectivity index (χ0v) is 14.9. The first-order valence-corrected chi connectivity index (χ1v) is 8.88. The highest BCUT2D eigenvalue weighted by molar-refractivity contribution is 5.86. The van der Waals surface area contributed by atoms with Crippen LogP contribution in [0.4, 0.5) is 11.8 Å². The summed E-state index contributed by atoms with van der Waals surface area (Å²) in [5.74, 6) is 3.56. The first-order valence-electron chi connectivity index (χ1n) is 8.88. The van der Waals surface area contributed by atoms with Crippen LogP contribution in [0, 0.1) is 18.8 Å². The van der Waals surface area contributed by atoms with Gasteiger partial charge in [0.15, 0.2) is 5.82 Å². The number of aromatic amines is 1. The fourth-order valence-corrected chi connectivity index (χ4v) is 4.22. The Hall–Kier alpha value is -2.90. The maximum atomic E-state index is 5.22. The van der Waals surface area contributed by atoms with Gasteiger partial charge in [-0.3, -0.25) is 0 Å². The van der Waals surface area contributed by atoms with Crippen LogP contribution in [0.3, 0.4) is 0 Å².